The molecule has 0 radical (unpaired) electrons. The summed E-state index contributed by atoms with van der Waals surface area (Å²) in [4.78, 5) is 17.8. The molecule has 1 heterocycles. The summed E-state index contributed by atoms with van der Waals surface area (Å²) < 4.78 is 14.6. The van der Waals surface area contributed by atoms with Crippen LogP contribution in [0.5, 0.6) is 0 Å². The highest BCUT2D eigenvalue weighted by Gasteiger charge is 2.23. The number of Topliss-reactive ketones (excluding diaryl/α,β-unsaturated/α-hetero) is 1. The molecule has 24 heavy (non-hydrogen) atoms. The third-order valence-electron chi connectivity index (χ3n) is 3.62. The number of ketones is 1. The molecule has 0 N–H and O–H groups in total. The van der Waals surface area contributed by atoms with Crippen molar-refractivity contribution in [2.24, 2.45) is 0 Å². The zero-order chi connectivity index (χ0) is 16.9. The highest BCUT2D eigenvalue weighted by atomic mass is 32.2. The Bertz CT molecular complexity index is 801. The molecule has 6 heteroatoms. The van der Waals surface area contributed by atoms with Gasteiger partial charge in [-0.1, -0.05) is 17.7 Å². The second kappa shape index (κ2) is 7.40. The summed E-state index contributed by atoms with van der Waals surface area (Å²) in [6.45, 7) is 2.03. The Kier molecular flexibility index (Phi) is 5.05. The molecule has 0 aliphatic heterocycles. The summed E-state index contributed by atoms with van der Waals surface area (Å²) >= 11 is 1.58. The van der Waals surface area contributed by atoms with E-state index in [4.69, 9.17) is 0 Å². The largest absolute Gasteiger partial charge is 0.292 e. The molecule has 3 aromatic rings. The van der Waals surface area contributed by atoms with Crippen LogP contribution in [0.4, 0.5) is 4.39 Å². The van der Waals surface area contributed by atoms with Crippen molar-refractivity contribution in [2.75, 3.05) is 5.75 Å². The Labute approximate surface area is 143 Å². The van der Waals surface area contributed by atoms with Gasteiger partial charge in [-0.15, -0.1) is 11.8 Å². The van der Waals surface area contributed by atoms with Crippen LogP contribution in [-0.2, 0) is 0 Å². The van der Waals surface area contributed by atoms with Gasteiger partial charge in [0.1, 0.15) is 24.5 Å². The van der Waals surface area contributed by atoms with Crippen molar-refractivity contribution < 1.29 is 9.18 Å². The number of carbonyl (C=O) groups excluding carboxylic acids is 1. The maximum Gasteiger partial charge on any atom is 0.188 e. The van der Waals surface area contributed by atoms with Crippen molar-refractivity contribution in [1.82, 2.24) is 14.8 Å². The SMILES string of the molecule is Cc1ccc(SC[C@@H](C(=O)c2ccc(F)cc2)n2cncn2)cc1. The smallest absolute Gasteiger partial charge is 0.188 e. The molecule has 0 bridgehead atoms. The van der Waals surface area contributed by atoms with Gasteiger partial charge < -0.3 is 0 Å². The average Bonchev–Trinajstić information content (AvgIpc) is 3.11. The summed E-state index contributed by atoms with van der Waals surface area (Å²) in [5.74, 6) is 0.0424. The van der Waals surface area contributed by atoms with Crippen LogP contribution < -0.4 is 0 Å². The van der Waals surface area contributed by atoms with E-state index in [1.165, 1.54) is 42.5 Å². The van der Waals surface area contributed by atoms with Gasteiger partial charge in [-0.25, -0.2) is 14.1 Å². The number of halogens is 1. The Hall–Kier alpha value is -2.47. The molecule has 4 nitrogen and oxygen atoms in total. The lowest BCUT2D eigenvalue weighted by molar-refractivity contribution is 0.0930. The molecule has 1 atom stereocenters. The van der Waals surface area contributed by atoms with E-state index >= 15 is 0 Å². The number of rotatable bonds is 6. The Balaban J connectivity index is 1.80. The fourth-order valence-corrected chi connectivity index (χ4v) is 3.25. The van der Waals surface area contributed by atoms with Crippen molar-refractivity contribution in [3.63, 3.8) is 0 Å². The van der Waals surface area contributed by atoms with Crippen molar-refractivity contribution >= 4 is 17.5 Å². The van der Waals surface area contributed by atoms with Crippen LogP contribution >= 0.6 is 11.8 Å². The summed E-state index contributed by atoms with van der Waals surface area (Å²) in [7, 11) is 0. The number of benzene rings is 2. The highest BCUT2D eigenvalue weighted by molar-refractivity contribution is 7.99. The van der Waals surface area contributed by atoms with E-state index in [1.54, 1.807) is 16.4 Å². The normalized spacial score (nSPS) is 12.1. The Morgan fingerprint density at radius 3 is 2.50 bits per heavy atom. The van der Waals surface area contributed by atoms with Crippen LogP contribution in [0.1, 0.15) is 22.0 Å². The number of hydrogen-bond donors (Lipinski definition) is 0. The predicted octanol–water partition coefficient (Wildman–Crippen LogP) is 3.94. The van der Waals surface area contributed by atoms with Crippen LogP contribution in [0.3, 0.4) is 0 Å². The highest BCUT2D eigenvalue weighted by Crippen LogP contribution is 2.25. The summed E-state index contributed by atoms with van der Waals surface area (Å²) in [6.07, 6.45) is 2.93. The Morgan fingerprint density at radius 2 is 1.88 bits per heavy atom. The van der Waals surface area contributed by atoms with E-state index in [2.05, 4.69) is 10.1 Å². The van der Waals surface area contributed by atoms with Gasteiger partial charge in [0.25, 0.3) is 0 Å². The van der Waals surface area contributed by atoms with E-state index in [0.717, 1.165) is 4.90 Å². The molecule has 0 fully saturated rings. The van der Waals surface area contributed by atoms with Crippen molar-refractivity contribution in [3.8, 4) is 0 Å². The van der Waals surface area contributed by atoms with Gasteiger partial charge in [-0.3, -0.25) is 4.79 Å². The first-order valence-corrected chi connectivity index (χ1v) is 8.45. The standard InChI is InChI=1S/C18H16FN3OS/c1-13-2-8-16(9-3-13)24-10-17(22-12-20-11-21-22)18(23)14-4-6-15(19)7-5-14/h2-9,11-12,17H,10H2,1H3/t17-/m0/s1. The number of aromatic nitrogens is 3. The van der Waals surface area contributed by atoms with Crippen molar-refractivity contribution in [3.05, 3.63) is 78.1 Å². The van der Waals surface area contributed by atoms with Crippen LogP contribution in [0.25, 0.3) is 0 Å². The lowest BCUT2D eigenvalue weighted by Gasteiger charge is -2.16. The van der Waals surface area contributed by atoms with Gasteiger partial charge in [0.2, 0.25) is 0 Å². The van der Waals surface area contributed by atoms with Crippen molar-refractivity contribution in [2.45, 2.75) is 17.9 Å². The fraction of sp³-hybridized carbons (Fsp3) is 0.167. The maximum absolute atomic E-state index is 13.1. The van der Waals surface area contributed by atoms with Gasteiger partial charge in [-0.05, 0) is 43.3 Å². The molecule has 0 aliphatic rings. The molecule has 0 amide bonds. The van der Waals surface area contributed by atoms with E-state index < -0.39 is 6.04 Å². The van der Waals surface area contributed by atoms with Gasteiger partial charge in [0.15, 0.2) is 5.78 Å². The van der Waals surface area contributed by atoms with Gasteiger partial charge >= 0.3 is 0 Å². The lowest BCUT2D eigenvalue weighted by Crippen LogP contribution is -2.22. The number of carbonyl (C=O) groups is 1. The zero-order valence-corrected chi connectivity index (χ0v) is 13.9. The third-order valence-corrected chi connectivity index (χ3v) is 4.70. The summed E-state index contributed by atoms with van der Waals surface area (Å²) in [5.41, 5.74) is 1.65. The number of nitrogens with zero attached hydrogens (tertiary/aromatic N) is 3. The molecule has 0 aliphatic carbocycles. The molecule has 2 aromatic carbocycles. The fourth-order valence-electron chi connectivity index (χ4n) is 2.27. The minimum Gasteiger partial charge on any atom is -0.292 e. The first kappa shape index (κ1) is 16.4. The minimum atomic E-state index is -0.496. The van der Waals surface area contributed by atoms with E-state index in [1.807, 2.05) is 31.2 Å². The first-order valence-electron chi connectivity index (χ1n) is 7.47. The van der Waals surface area contributed by atoms with E-state index in [0.29, 0.717) is 11.3 Å². The van der Waals surface area contributed by atoms with Crippen LogP contribution in [0.2, 0.25) is 0 Å². The molecular weight excluding hydrogens is 325 g/mol. The second-order valence-corrected chi connectivity index (χ2v) is 6.48. The van der Waals surface area contributed by atoms with Crippen LogP contribution in [0, 0.1) is 12.7 Å². The van der Waals surface area contributed by atoms with Gasteiger partial charge in [0.05, 0.1) is 0 Å². The van der Waals surface area contributed by atoms with E-state index in [-0.39, 0.29) is 11.6 Å². The quantitative estimate of drug-likeness (QED) is 0.503. The zero-order valence-electron chi connectivity index (χ0n) is 13.1. The first-order chi connectivity index (χ1) is 11.6. The lowest BCUT2D eigenvalue weighted by atomic mass is 10.1. The molecule has 0 spiro atoms. The molecule has 0 unspecified atom stereocenters. The minimum absolute atomic E-state index is 0.111. The molecule has 122 valence electrons. The van der Waals surface area contributed by atoms with Crippen LogP contribution in [-0.4, -0.2) is 26.3 Å². The monoisotopic (exact) mass is 341 g/mol. The molecule has 1 aromatic heterocycles. The molecule has 0 saturated heterocycles. The van der Waals surface area contributed by atoms with Gasteiger partial charge in [0, 0.05) is 16.2 Å². The summed E-state index contributed by atoms with van der Waals surface area (Å²) in [6, 6.07) is 13.2. The van der Waals surface area contributed by atoms with E-state index in [9.17, 15) is 9.18 Å². The van der Waals surface area contributed by atoms with Crippen LogP contribution in [0.15, 0.2) is 66.1 Å². The topological polar surface area (TPSA) is 47.8 Å². The number of thioether (sulfide) groups is 1. The summed E-state index contributed by atoms with van der Waals surface area (Å²) in [5, 5.41) is 4.10. The molecular formula is C18H16FN3OS. The Morgan fingerprint density at radius 1 is 1.17 bits per heavy atom. The number of hydrogen-bond acceptors (Lipinski definition) is 4. The molecule has 3 rings (SSSR count). The second-order valence-electron chi connectivity index (χ2n) is 5.39. The predicted molar refractivity (Wildman–Crippen MR) is 91.7 cm³/mol. The average molecular weight is 341 g/mol. The third kappa shape index (κ3) is 3.89. The maximum atomic E-state index is 13.1. The van der Waals surface area contributed by atoms with Crippen molar-refractivity contribution in [1.29, 1.82) is 0 Å². The van der Waals surface area contributed by atoms with Gasteiger partial charge in [-0.2, -0.15) is 5.10 Å². The number of aryl methyl sites for hydroxylation is 1. The molecule has 0 saturated carbocycles.